The number of aliphatic hydroxyl groups is 1. The molecule has 0 spiro atoms. The highest BCUT2D eigenvalue weighted by atomic mass is 16.7. The van der Waals surface area contributed by atoms with Gasteiger partial charge in [-0.15, -0.1) is 5.16 Å². The van der Waals surface area contributed by atoms with Crippen molar-refractivity contribution >= 4 is 24.1 Å². The van der Waals surface area contributed by atoms with Gasteiger partial charge < -0.3 is 34.0 Å². The second kappa shape index (κ2) is 16.2. The first-order valence-electron chi connectivity index (χ1n) is 20.9. The van der Waals surface area contributed by atoms with Crippen LogP contribution in [0.15, 0.2) is 96.2 Å². The average Bonchev–Trinajstić information content (AvgIpc) is 3.51. The molecule has 11 heteroatoms. The van der Waals surface area contributed by atoms with E-state index in [0.29, 0.717) is 29.4 Å². The summed E-state index contributed by atoms with van der Waals surface area (Å²) in [6, 6.07) is 25.5. The molecule has 1 heterocycles. The second-order valence-corrected chi connectivity index (χ2v) is 17.7. The first kappa shape index (κ1) is 40.2. The summed E-state index contributed by atoms with van der Waals surface area (Å²) in [6.45, 7) is 6.32. The zero-order chi connectivity index (χ0) is 40.7. The van der Waals surface area contributed by atoms with E-state index in [1.807, 2.05) is 0 Å². The first-order valence-corrected chi connectivity index (χ1v) is 20.9. The molecule has 13 atom stereocenters. The van der Waals surface area contributed by atoms with E-state index in [1.54, 1.807) is 104 Å². The molecule has 0 radical (unpaired) electrons. The molecular formula is C47H55NO10. The number of hydrogen-bond donors (Lipinski definition) is 2. The summed E-state index contributed by atoms with van der Waals surface area (Å²) >= 11 is 0. The van der Waals surface area contributed by atoms with Gasteiger partial charge in [0.25, 0.3) is 0 Å². The van der Waals surface area contributed by atoms with Crippen LogP contribution in [-0.2, 0) is 23.7 Å². The van der Waals surface area contributed by atoms with E-state index in [9.17, 15) is 24.7 Å². The lowest BCUT2D eigenvalue weighted by atomic mass is 9.43. The van der Waals surface area contributed by atoms with Crippen LogP contribution in [-0.4, -0.2) is 76.8 Å². The lowest BCUT2D eigenvalue weighted by molar-refractivity contribution is -0.308. The number of ether oxygens (including phenoxy) is 5. The second-order valence-electron chi connectivity index (χ2n) is 17.7. The largest absolute Gasteiger partial charge is 0.452 e. The Morgan fingerprint density at radius 3 is 1.81 bits per heavy atom. The number of benzene rings is 3. The van der Waals surface area contributed by atoms with Crippen molar-refractivity contribution in [3.05, 3.63) is 108 Å². The molecule has 58 heavy (non-hydrogen) atoms. The molecule has 0 amide bonds. The molecule has 3 aromatic rings. The van der Waals surface area contributed by atoms with Crippen molar-refractivity contribution in [1.29, 1.82) is 0 Å². The molecule has 1 saturated heterocycles. The molecule has 8 rings (SSSR count). The summed E-state index contributed by atoms with van der Waals surface area (Å²) < 4.78 is 31.9. The van der Waals surface area contributed by atoms with Crippen molar-refractivity contribution < 1.29 is 48.4 Å². The maximum Gasteiger partial charge on any atom is 0.338 e. The van der Waals surface area contributed by atoms with Crippen LogP contribution in [0.25, 0.3) is 0 Å². The number of fused-ring (bicyclic) bond motifs is 5. The predicted octanol–water partition coefficient (Wildman–Crippen LogP) is 8.03. The highest BCUT2D eigenvalue weighted by molar-refractivity contribution is 5.91. The van der Waals surface area contributed by atoms with E-state index in [4.69, 9.17) is 23.7 Å². The topological polar surface area (TPSA) is 150 Å². The Morgan fingerprint density at radius 2 is 1.24 bits per heavy atom. The highest BCUT2D eigenvalue weighted by Gasteiger charge is 2.67. The summed E-state index contributed by atoms with van der Waals surface area (Å²) in [6.07, 6.45) is 3.33. The van der Waals surface area contributed by atoms with Gasteiger partial charge in [0.15, 0.2) is 24.6 Å². The Kier molecular flexibility index (Phi) is 11.2. The third kappa shape index (κ3) is 7.23. The van der Waals surface area contributed by atoms with Gasteiger partial charge in [-0.1, -0.05) is 68.4 Å². The zero-order valence-electron chi connectivity index (χ0n) is 33.5. The number of carbonyl (C=O) groups is 3. The SMILES string of the molecule is C[C@@H]1O[C@H](O[C@H]2CC[C@@]3(C)[C@H](CC[C@@H]4[C@@H]3CC[C@]3(C)[C@@H](/C=N/O)CC[C@]43O)C2)[C@H](OC(=O)c2ccccc2)[C@H](OC(=O)c2ccccc2)[C@H]1OC(=O)c1ccccc1. The summed E-state index contributed by atoms with van der Waals surface area (Å²) in [4.78, 5) is 41.1. The molecule has 5 aliphatic rings. The van der Waals surface area contributed by atoms with Gasteiger partial charge in [-0.2, -0.15) is 0 Å². The fourth-order valence-corrected chi connectivity index (χ4v) is 11.7. The summed E-state index contributed by atoms with van der Waals surface area (Å²) in [5.74, 6) is -1.08. The number of carbonyl (C=O) groups excluding carboxylic acids is 3. The Labute approximate surface area is 340 Å². The molecule has 11 nitrogen and oxygen atoms in total. The van der Waals surface area contributed by atoms with Crippen LogP contribution in [0.3, 0.4) is 0 Å². The number of nitrogens with zero attached hydrogens (tertiary/aromatic N) is 1. The molecule has 4 aliphatic carbocycles. The highest BCUT2D eigenvalue weighted by Crippen LogP contribution is 2.69. The molecular weight excluding hydrogens is 739 g/mol. The molecule has 0 bridgehead atoms. The minimum atomic E-state index is -1.29. The van der Waals surface area contributed by atoms with Gasteiger partial charge in [-0.25, -0.2) is 14.4 Å². The normalized spacial score (nSPS) is 38.1. The quantitative estimate of drug-likeness (QED) is 0.0545. The van der Waals surface area contributed by atoms with Crippen LogP contribution >= 0.6 is 0 Å². The lowest BCUT2D eigenvalue weighted by Gasteiger charge is -2.63. The van der Waals surface area contributed by atoms with Gasteiger partial charge in [0.2, 0.25) is 0 Å². The average molecular weight is 794 g/mol. The predicted molar refractivity (Wildman–Crippen MR) is 213 cm³/mol. The number of esters is 3. The molecule has 308 valence electrons. The maximum absolute atomic E-state index is 13.8. The van der Waals surface area contributed by atoms with Gasteiger partial charge in [0.1, 0.15) is 0 Å². The fourth-order valence-electron chi connectivity index (χ4n) is 11.7. The van der Waals surface area contributed by atoms with Gasteiger partial charge >= 0.3 is 17.9 Å². The van der Waals surface area contributed by atoms with Crippen molar-refractivity contribution in [3.8, 4) is 0 Å². The van der Waals surface area contributed by atoms with Crippen molar-refractivity contribution in [2.24, 2.45) is 39.7 Å². The van der Waals surface area contributed by atoms with Crippen LogP contribution in [0.4, 0.5) is 0 Å². The molecule has 5 fully saturated rings. The summed E-state index contributed by atoms with van der Waals surface area (Å²) in [5.41, 5.74) is -0.256. The number of rotatable bonds is 9. The van der Waals surface area contributed by atoms with E-state index >= 15 is 0 Å². The van der Waals surface area contributed by atoms with Crippen LogP contribution in [0, 0.1) is 34.5 Å². The maximum atomic E-state index is 13.8. The number of hydrogen-bond acceptors (Lipinski definition) is 11. The standard InChI is InChI=1S/C47H55NO10/c1-29-38(56-41(49)30-13-7-4-8-14-30)39(57-42(50)31-15-9-5-10-16-31)40(58-43(51)32-17-11-6-12-18-32)44(54-29)55-35-22-24-45(2)33(27-35)19-20-37-36(45)23-25-46(3)34(28-48-53)21-26-47(37,46)52/h4-18,28-29,33-40,44,52-53H,19-27H2,1-3H3/b48-28+/t29-,33+,34+,35-,36-,37+,38-,39+,40+,44+,45-,46+,47-/m0/s1. The third-order valence-corrected chi connectivity index (χ3v) is 14.9. The molecule has 2 N–H and O–H groups in total. The fraction of sp³-hybridized carbons (Fsp3) is 0.532. The molecule has 0 unspecified atom stereocenters. The Morgan fingerprint density at radius 1 is 0.690 bits per heavy atom. The van der Waals surface area contributed by atoms with Crippen LogP contribution in [0.5, 0.6) is 0 Å². The Bertz CT molecular complexity index is 1960. The Hall–Kier alpha value is -4.58. The van der Waals surface area contributed by atoms with Crippen LogP contribution < -0.4 is 0 Å². The van der Waals surface area contributed by atoms with E-state index < -0.39 is 54.2 Å². The molecule has 1 aliphatic heterocycles. The van der Waals surface area contributed by atoms with E-state index in [0.717, 1.165) is 51.4 Å². The van der Waals surface area contributed by atoms with E-state index in [-0.39, 0.29) is 34.3 Å². The van der Waals surface area contributed by atoms with Crippen LogP contribution in [0.2, 0.25) is 0 Å². The Balaban J connectivity index is 1.06. The number of oxime groups is 1. The first-order chi connectivity index (χ1) is 27.9. The molecule has 4 saturated carbocycles. The minimum absolute atomic E-state index is 0.00658. The van der Waals surface area contributed by atoms with E-state index in [1.165, 1.54) is 0 Å². The monoisotopic (exact) mass is 793 g/mol. The minimum Gasteiger partial charge on any atom is -0.452 e. The van der Waals surface area contributed by atoms with Crippen LogP contribution in [0.1, 0.15) is 110 Å². The zero-order valence-corrected chi connectivity index (χ0v) is 33.5. The van der Waals surface area contributed by atoms with Gasteiger partial charge in [-0.05, 0) is 124 Å². The van der Waals surface area contributed by atoms with Gasteiger partial charge in [0.05, 0.1) is 34.5 Å². The van der Waals surface area contributed by atoms with Gasteiger partial charge in [0, 0.05) is 17.5 Å². The smallest absolute Gasteiger partial charge is 0.338 e. The van der Waals surface area contributed by atoms with E-state index in [2.05, 4.69) is 19.0 Å². The third-order valence-electron chi connectivity index (χ3n) is 14.9. The van der Waals surface area contributed by atoms with Crippen molar-refractivity contribution in [2.45, 2.75) is 121 Å². The molecule has 0 aromatic heterocycles. The van der Waals surface area contributed by atoms with Crippen molar-refractivity contribution in [2.75, 3.05) is 0 Å². The summed E-state index contributed by atoms with van der Waals surface area (Å²) in [7, 11) is 0. The summed E-state index contributed by atoms with van der Waals surface area (Å²) in [5, 5.41) is 25.2. The molecule has 3 aromatic carbocycles. The van der Waals surface area contributed by atoms with Gasteiger partial charge in [-0.3, -0.25) is 0 Å². The van der Waals surface area contributed by atoms with Crippen molar-refractivity contribution in [1.82, 2.24) is 0 Å². The lowest BCUT2D eigenvalue weighted by Crippen LogP contribution is -2.63. The van der Waals surface area contributed by atoms with Crippen molar-refractivity contribution in [3.63, 3.8) is 0 Å².